The number of amides is 1. The van der Waals surface area contributed by atoms with Gasteiger partial charge in [0.05, 0.1) is 25.9 Å². The Labute approximate surface area is 115 Å². The molecule has 19 heavy (non-hydrogen) atoms. The minimum Gasteiger partial charge on any atom is -0.392 e. The third kappa shape index (κ3) is 8.15. The van der Waals surface area contributed by atoms with Gasteiger partial charge in [0, 0.05) is 26.2 Å². The number of likely N-dealkylation sites (N-methyl/N-ethyl adjacent to an activating group) is 1. The summed E-state index contributed by atoms with van der Waals surface area (Å²) in [6.45, 7) is 7.90. The monoisotopic (exact) mass is 273 g/mol. The SMILES string of the molecule is CC(O)CN(C)CC(=O)NCCCN1CCOCC1. The second kappa shape index (κ2) is 9.25. The van der Waals surface area contributed by atoms with E-state index >= 15 is 0 Å². The lowest BCUT2D eigenvalue weighted by Crippen LogP contribution is -2.40. The number of ether oxygens (including phenoxy) is 1. The second-order valence-corrected chi connectivity index (χ2v) is 5.20. The van der Waals surface area contributed by atoms with Crippen molar-refractivity contribution in [3.8, 4) is 0 Å². The number of nitrogens with one attached hydrogen (secondary N) is 1. The molecular formula is C13H27N3O3. The molecule has 0 saturated carbocycles. The quantitative estimate of drug-likeness (QED) is 0.563. The van der Waals surface area contributed by atoms with Crippen LogP contribution in [0.2, 0.25) is 0 Å². The van der Waals surface area contributed by atoms with Gasteiger partial charge < -0.3 is 15.2 Å². The molecule has 0 aromatic carbocycles. The first-order valence-corrected chi connectivity index (χ1v) is 7.01. The molecule has 6 heteroatoms. The standard InChI is InChI=1S/C13H27N3O3/c1-12(17)10-15(2)11-13(18)14-4-3-5-16-6-8-19-9-7-16/h12,17H,3-11H2,1-2H3,(H,14,18). The lowest BCUT2D eigenvalue weighted by Gasteiger charge is -2.26. The molecule has 0 spiro atoms. The zero-order valence-corrected chi connectivity index (χ0v) is 12.1. The molecule has 1 atom stereocenters. The van der Waals surface area contributed by atoms with Gasteiger partial charge in [0.1, 0.15) is 0 Å². The highest BCUT2D eigenvalue weighted by atomic mass is 16.5. The number of hydrogen-bond acceptors (Lipinski definition) is 5. The molecule has 1 unspecified atom stereocenters. The number of morpholine rings is 1. The molecular weight excluding hydrogens is 246 g/mol. The summed E-state index contributed by atoms with van der Waals surface area (Å²) in [6.07, 6.45) is 0.561. The molecule has 1 amide bonds. The van der Waals surface area contributed by atoms with E-state index in [9.17, 15) is 9.90 Å². The number of aliphatic hydroxyl groups is 1. The van der Waals surface area contributed by atoms with Crippen LogP contribution in [-0.4, -0.2) is 86.4 Å². The zero-order chi connectivity index (χ0) is 14.1. The third-order valence-electron chi connectivity index (χ3n) is 3.07. The van der Waals surface area contributed by atoms with Crippen molar-refractivity contribution < 1.29 is 14.6 Å². The number of nitrogens with zero attached hydrogens (tertiary/aromatic N) is 2. The normalized spacial score (nSPS) is 18.5. The predicted molar refractivity (Wildman–Crippen MR) is 74.1 cm³/mol. The summed E-state index contributed by atoms with van der Waals surface area (Å²) in [7, 11) is 1.83. The Morgan fingerprint density at radius 3 is 2.79 bits per heavy atom. The fourth-order valence-electron chi connectivity index (χ4n) is 2.17. The zero-order valence-electron chi connectivity index (χ0n) is 12.1. The van der Waals surface area contributed by atoms with Gasteiger partial charge in [-0.05, 0) is 26.9 Å². The maximum atomic E-state index is 11.6. The Bertz CT molecular complexity index is 256. The first-order valence-electron chi connectivity index (χ1n) is 7.01. The topological polar surface area (TPSA) is 65.0 Å². The van der Waals surface area contributed by atoms with Crippen molar-refractivity contribution in [2.45, 2.75) is 19.4 Å². The molecule has 2 N–H and O–H groups in total. The summed E-state index contributed by atoms with van der Waals surface area (Å²) in [4.78, 5) is 15.8. The molecule has 1 rings (SSSR count). The van der Waals surface area contributed by atoms with Crippen molar-refractivity contribution in [1.82, 2.24) is 15.1 Å². The van der Waals surface area contributed by atoms with Crippen LogP contribution in [0.3, 0.4) is 0 Å². The average Bonchev–Trinajstić information content (AvgIpc) is 2.35. The van der Waals surface area contributed by atoms with Gasteiger partial charge >= 0.3 is 0 Å². The fraction of sp³-hybridized carbons (Fsp3) is 0.923. The molecule has 0 radical (unpaired) electrons. The Hall–Kier alpha value is -0.690. The van der Waals surface area contributed by atoms with Crippen LogP contribution >= 0.6 is 0 Å². The summed E-state index contributed by atoms with van der Waals surface area (Å²) in [5, 5.41) is 12.1. The Morgan fingerprint density at radius 2 is 2.16 bits per heavy atom. The van der Waals surface area contributed by atoms with Crippen molar-refractivity contribution in [3.05, 3.63) is 0 Å². The van der Waals surface area contributed by atoms with Gasteiger partial charge in [0.15, 0.2) is 0 Å². The molecule has 112 valence electrons. The Kier molecular flexibility index (Phi) is 7.97. The van der Waals surface area contributed by atoms with Crippen LogP contribution in [0.15, 0.2) is 0 Å². The van der Waals surface area contributed by atoms with Crippen LogP contribution in [0, 0.1) is 0 Å². The highest BCUT2D eigenvalue weighted by molar-refractivity contribution is 5.77. The van der Waals surface area contributed by atoms with Gasteiger partial charge in [0.25, 0.3) is 0 Å². The van der Waals surface area contributed by atoms with Gasteiger partial charge in [-0.25, -0.2) is 0 Å². The fourth-order valence-corrected chi connectivity index (χ4v) is 2.17. The lowest BCUT2D eigenvalue weighted by atomic mass is 10.3. The van der Waals surface area contributed by atoms with E-state index in [4.69, 9.17) is 4.74 Å². The van der Waals surface area contributed by atoms with Gasteiger partial charge in [-0.15, -0.1) is 0 Å². The van der Waals surface area contributed by atoms with Crippen molar-refractivity contribution >= 4 is 5.91 Å². The van der Waals surface area contributed by atoms with E-state index < -0.39 is 6.10 Å². The van der Waals surface area contributed by atoms with Crippen LogP contribution in [0.4, 0.5) is 0 Å². The molecule has 1 aliphatic rings. The molecule has 0 aromatic rings. The van der Waals surface area contributed by atoms with Gasteiger partial charge in [-0.3, -0.25) is 14.6 Å². The molecule has 1 saturated heterocycles. The summed E-state index contributed by atoms with van der Waals surface area (Å²) >= 11 is 0. The molecule has 0 aromatic heterocycles. The van der Waals surface area contributed by atoms with Crippen molar-refractivity contribution in [3.63, 3.8) is 0 Å². The number of rotatable bonds is 8. The van der Waals surface area contributed by atoms with E-state index in [-0.39, 0.29) is 5.91 Å². The van der Waals surface area contributed by atoms with E-state index in [0.29, 0.717) is 19.6 Å². The van der Waals surface area contributed by atoms with Crippen molar-refractivity contribution in [1.29, 1.82) is 0 Å². The third-order valence-corrected chi connectivity index (χ3v) is 3.07. The van der Waals surface area contributed by atoms with Crippen LogP contribution < -0.4 is 5.32 Å². The summed E-state index contributed by atoms with van der Waals surface area (Å²) in [5.41, 5.74) is 0. The van der Waals surface area contributed by atoms with E-state index in [2.05, 4.69) is 10.2 Å². The van der Waals surface area contributed by atoms with Crippen LogP contribution in [0.25, 0.3) is 0 Å². The highest BCUT2D eigenvalue weighted by Crippen LogP contribution is 1.97. The molecule has 1 heterocycles. The summed E-state index contributed by atoms with van der Waals surface area (Å²) < 4.78 is 5.28. The number of hydrogen-bond donors (Lipinski definition) is 2. The van der Waals surface area contributed by atoms with E-state index in [1.165, 1.54) is 0 Å². The van der Waals surface area contributed by atoms with E-state index in [1.54, 1.807) is 6.92 Å². The number of carbonyl (C=O) groups is 1. The molecule has 6 nitrogen and oxygen atoms in total. The first kappa shape index (κ1) is 16.4. The number of carbonyl (C=O) groups excluding carboxylic acids is 1. The second-order valence-electron chi connectivity index (χ2n) is 5.20. The van der Waals surface area contributed by atoms with Crippen molar-refractivity contribution in [2.24, 2.45) is 0 Å². The van der Waals surface area contributed by atoms with Crippen LogP contribution in [0.5, 0.6) is 0 Å². The summed E-state index contributed by atoms with van der Waals surface area (Å²) in [5.74, 6) is 0.0186. The Morgan fingerprint density at radius 1 is 1.47 bits per heavy atom. The maximum Gasteiger partial charge on any atom is 0.234 e. The highest BCUT2D eigenvalue weighted by Gasteiger charge is 2.10. The average molecular weight is 273 g/mol. The maximum absolute atomic E-state index is 11.6. The molecule has 1 aliphatic heterocycles. The molecule has 0 aliphatic carbocycles. The lowest BCUT2D eigenvalue weighted by molar-refractivity contribution is -0.122. The van der Waals surface area contributed by atoms with Gasteiger partial charge in [0.2, 0.25) is 5.91 Å². The van der Waals surface area contributed by atoms with Gasteiger partial charge in [-0.1, -0.05) is 0 Å². The van der Waals surface area contributed by atoms with E-state index in [1.807, 2.05) is 11.9 Å². The molecule has 1 fully saturated rings. The minimum atomic E-state index is -0.404. The first-order chi connectivity index (χ1) is 9.08. The van der Waals surface area contributed by atoms with Gasteiger partial charge in [-0.2, -0.15) is 0 Å². The van der Waals surface area contributed by atoms with E-state index in [0.717, 1.165) is 39.3 Å². The minimum absolute atomic E-state index is 0.0186. The number of aliphatic hydroxyl groups excluding tert-OH is 1. The predicted octanol–water partition coefficient (Wildman–Crippen LogP) is -0.862. The van der Waals surface area contributed by atoms with Crippen molar-refractivity contribution in [2.75, 3.05) is 59.5 Å². The summed E-state index contributed by atoms with van der Waals surface area (Å²) in [6, 6.07) is 0. The molecule has 0 bridgehead atoms. The smallest absolute Gasteiger partial charge is 0.234 e. The Balaban J connectivity index is 2.00. The largest absolute Gasteiger partial charge is 0.392 e. The van der Waals surface area contributed by atoms with Crippen LogP contribution in [0.1, 0.15) is 13.3 Å². The van der Waals surface area contributed by atoms with Crippen LogP contribution in [-0.2, 0) is 9.53 Å².